The molecule has 4 rings (SSSR count). The molecule has 1 aromatic carbocycles. The SMILES string of the molecule is O=C(C1Cc2ccccc2C1)N1CCCC2(C1)OCCO2. The molecule has 0 radical (unpaired) electrons. The first kappa shape index (κ1) is 13.3. The smallest absolute Gasteiger partial charge is 0.226 e. The van der Waals surface area contributed by atoms with Crippen LogP contribution in [0.5, 0.6) is 0 Å². The van der Waals surface area contributed by atoms with Crippen molar-refractivity contribution < 1.29 is 14.3 Å². The second kappa shape index (κ2) is 5.11. The van der Waals surface area contributed by atoms with Gasteiger partial charge in [-0.25, -0.2) is 0 Å². The summed E-state index contributed by atoms with van der Waals surface area (Å²) in [6, 6.07) is 8.40. The molecular weight excluding hydrogens is 266 g/mol. The summed E-state index contributed by atoms with van der Waals surface area (Å²) in [5, 5.41) is 0. The first-order chi connectivity index (χ1) is 10.3. The van der Waals surface area contributed by atoms with E-state index in [9.17, 15) is 4.79 Å². The molecule has 21 heavy (non-hydrogen) atoms. The number of nitrogens with zero attached hydrogens (tertiary/aromatic N) is 1. The Hall–Kier alpha value is -1.39. The number of carbonyl (C=O) groups excluding carboxylic acids is 1. The van der Waals surface area contributed by atoms with Crippen LogP contribution in [-0.2, 0) is 27.1 Å². The van der Waals surface area contributed by atoms with E-state index in [1.807, 2.05) is 4.90 Å². The fourth-order valence-electron chi connectivity index (χ4n) is 3.90. The van der Waals surface area contributed by atoms with Crippen LogP contribution in [0.25, 0.3) is 0 Å². The molecule has 0 bridgehead atoms. The molecule has 2 heterocycles. The van der Waals surface area contributed by atoms with Crippen LogP contribution in [0.2, 0.25) is 0 Å². The van der Waals surface area contributed by atoms with Gasteiger partial charge in [-0.2, -0.15) is 0 Å². The number of hydrogen-bond donors (Lipinski definition) is 0. The van der Waals surface area contributed by atoms with E-state index in [4.69, 9.17) is 9.47 Å². The zero-order valence-corrected chi connectivity index (χ0v) is 12.2. The van der Waals surface area contributed by atoms with Crippen molar-refractivity contribution in [3.63, 3.8) is 0 Å². The molecule has 4 nitrogen and oxygen atoms in total. The average molecular weight is 287 g/mol. The van der Waals surface area contributed by atoms with Crippen LogP contribution < -0.4 is 0 Å². The van der Waals surface area contributed by atoms with E-state index in [0.717, 1.165) is 32.2 Å². The Morgan fingerprint density at radius 3 is 2.48 bits per heavy atom. The number of hydrogen-bond acceptors (Lipinski definition) is 3. The lowest BCUT2D eigenvalue weighted by Crippen LogP contribution is -2.52. The van der Waals surface area contributed by atoms with Gasteiger partial charge in [-0.3, -0.25) is 4.79 Å². The molecule has 3 aliphatic rings. The molecule has 4 heteroatoms. The summed E-state index contributed by atoms with van der Waals surface area (Å²) in [4.78, 5) is 14.8. The maximum atomic E-state index is 12.8. The lowest BCUT2D eigenvalue weighted by Gasteiger charge is -2.39. The third-order valence-corrected chi connectivity index (χ3v) is 4.94. The van der Waals surface area contributed by atoms with Gasteiger partial charge >= 0.3 is 0 Å². The minimum atomic E-state index is -0.515. The molecule has 2 fully saturated rings. The zero-order valence-electron chi connectivity index (χ0n) is 12.2. The van der Waals surface area contributed by atoms with Crippen molar-refractivity contribution in [2.75, 3.05) is 26.3 Å². The van der Waals surface area contributed by atoms with Crippen LogP contribution in [0.3, 0.4) is 0 Å². The van der Waals surface area contributed by atoms with Crippen LogP contribution in [0.1, 0.15) is 24.0 Å². The lowest BCUT2D eigenvalue weighted by atomic mass is 9.99. The van der Waals surface area contributed by atoms with Crippen molar-refractivity contribution in [2.24, 2.45) is 5.92 Å². The van der Waals surface area contributed by atoms with Gasteiger partial charge in [0.15, 0.2) is 5.79 Å². The third kappa shape index (κ3) is 2.36. The predicted molar refractivity (Wildman–Crippen MR) is 77.8 cm³/mol. The van der Waals surface area contributed by atoms with Gasteiger partial charge in [0.2, 0.25) is 5.91 Å². The minimum absolute atomic E-state index is 0.0963. The fourth-order valence-corrected chi connectivity index (χ4v) is 3.90. The lowest BCUT2D eigenvalue weighted by molar-refractivity contribution is -0.194. The fraction of sp³-hybridized carbons (Fsp3) is 0.588. The normalized spacial score (nSPS) is 24.5. The quantitative estimate of drug-likeness (QED) is 0.790. The number of amides is 1. The van der Waals surface area contributed by atoms with E-state index in [0.29, 0.717) is 19.8 Å². The van der Waals surface area contributed by atoms with Crippen molar-refractivity contribution >= 4 is 5.91 Å². The van der Waals surface area contributed by atoms with Gasteiger partial charge in [-0.1, -0.05) is 24.3 Å². The number of rotatable bonds is 1. The number of likely N-dealkylation sites (tertiary alicyclic amines) is 1. The standard InChI is InChI=1S/C17H21NO3/c19-16(15-10-13-4-1-2-5-14(13)11-15)18-7-3-6-17(12-18)20-8-9-21-17/h1-2,4-5,15H,3,6-12H2. The average Bonchev–Trinajstić information content (AvgIpc) is 3.13. The van der Waals surface area contributed by atoms with E-state index in [1.165, 1.54) is 11.1 Å². The summed E-state index contributed by atoms with van der Waals surface area (Å²) in [5.74, 6) is -0.150. The highest BCUT2D eigenvalue weighted by Gasteiger charge is 2.43. The number of ether oxygens (including phenoxy) is 2. The van der Waals surface area contributed by atoms with Crippen LogP contribution in [-0.4, -0.2) is 42.9 Å². The Labute approximate surface area is 125 Å². The Morgan fingerprint density at radius 2 is 1.81 bits per heavy atom. The Bertz CT molecular complexity index is 526. The van der Waals surface area contributed by atoms with Gasteiger partial charge in [0.25, 0.3) is 0 Å². The zero-order chi connectivity index (χ0) is 14.3. The molecule has 1 amide bonds. The Kier molecular flexibility index (Phi) is 3.23. The summed E-state index contributed by atoms with van der Waals surface area (Å²) >= 11 is 0. The number of fused-ring (bicyclic) bond motifs is 1. The summed E-state index contributed by atoms with van der Waals surface area (Å²) in [6.45, 7) is 2.73. The molecule has 1 aromatic rings. The van der Waals surface area contributed by atoms with E-state index >= 15 is 0 Å². The molecule has 0 atom stereocenters. The van der Waals surface area contributed by atoms with Crippen molar-refractivity contribution in [3.8, 4) is 0 Å². The third-order valence-electron chi connectivity index (χ3n) is 4.94. The minimum Gasteiger partial charge on any atom is -0.346 e. The monoisotopic (exact) mass is 287 g/mol. The van der Waals surface area contributed by atoms with Crippen LogP contribution in [0, 0.1) is 5.92 Å². The molecule has 2 saturated heterocycles. The number of carbonyl (C=O) groups is 1. The summed E-state index contributed by atoms with van der Waals surface area (Å²) in [6.07, 6.45) is 3.62. The molecule has 1 aliphatic carbocycles. The first-order valence-electron chi connectivity index (χ1n) is 7.89. The maximum Gasteiger partial charge on any atom is 0.226 e. The molecule has 112 valence electrons. The number of benzene rings is 1. The summed E-state index contributed by atoms with van der Waals surface area (Å²) in [5.41, 5.74) is 2.66. The van der Waals surface area contributed by atoms with Gasteiger partial charge in [0.05, 0.1) is 19.8 Å². The Balaban J connectivity index is 1.46. The summed E-state index contributed by atoms with van der Waals surface area (Å²) in [7, 11) is 0. The highest BCUT2D eigenvalue weighted by Crippen LogP contribution is 2.33. The van der Waals surface area contributed by atoms with Gasteiger partial charge < -0.3 is 14.4 Å². The van der Waals surface area contributed by atoms with Gasteiger partial charge in [0.1, 0.15) is 0 Å². The molecule has 0 saturated carbocycles. The van der Waals surface area contributed by atoms with E-state index in [-0.39, 0.29) is 11.8 Å². The summed E-state index contributed by atoms with van der Waals surface area (Å²) < 4.78 is 11.5. The van der Waals surface area contributed by atoms with Gasteiger partial charge in [0, 0.05) is 18.9 Å². The molecule has 2 aliphatic heterocycles. The van der Waals surface area contributed by atoms with Crippen molar-refractivity contribution in [1.29, 1.82) is 0 Å². The highest BCUT2D eigenvalue weighted by molar-refractivity contribution is 5.80. The van der Waals surface area contributed by atoms with E-state index in [1.54, 1.807) is 0 Å². The second-order valence-corrected chi connectivity index (χ2v) is 6.34. The van der Waals surface area contributed by atoms with Crippen LogP contribution >= 0.6 is 0 Å². The highest BCUT2D eigenvalue weighted by atomic mass is 16.7. The second-order valence-electron chi connectivity index (χ2n) is 6.34. The van der Waals surface area contributed by atoms with Crippen molar-refractivity contribution in [2.45, 2.75) is 31.5 Å². The van der Waals surface area contributed by atoms with Crippen LogP contribution in [0.4, 0.5) is 0 Å². The van der Waals surface area contributed by atoms with Crippen molar-refractivity contribution in [1.82, 2.24) is 4.90 Å². The molecular formula is C17H21NO3. The molecule has 1 spiro atoms. The molecule has 0 unspecified atom stereocenters. The molecule has 0 aromatic heterocycles. The first-order valence-corrected chi connectivity index (χ1v) is 7.89. The van der Waals surface area contributed by atoms with Gasteiger partial charge in [-0.15, -0.1) is 0 Å². The number of piperidine rings is 1. The van der Waals surface area contributed by atoms with E-state index < -0.39 is 5.79 Å². The Morgan fingerprint density at radius 1 is 1.14 bits per heavy atom. The molecule has 0 N–H and O–H groups in total. The van der Waals surface area contributed by atoms with Gasteiger partial charge in [-0.05, 0) is 30.4 Å². The van der Waals surface area contributed by atoms with Crippen LogP contribution in [0.15, 0.2) is 24.3 Å². The van der Waals surface area contributed by atoms with E-state index in [2.05, 4.69) is 24.3 Å². The topological polar surface area (TPSA) is 38.8 Å². The largest absolute Gasteiger partial charge is 0.346 e. The predicted octanol–water partition coefficient (Wildman–Crippen LogP) is 1.77. The van der Waals surface area contributed by atoms with Crippen molar-refractivity contribution in [3.05, 3.63) is 35.4 Å². The maximum absolute atomic E-state index is 12.8.